The summed E-state index contributed by atoms with van der Waals surface area (Å²) in [6.07, 6.45) is 7.28. The number of rotatable bonds is 6. The third kappa shape index (κ3) is 3.91. The summed E-state index contributed by atoms with van der Waals surface area (Å²) in [6, 6.07) is 10.8. The molecule has 0 spiro atoms. The first-order chi connectivity index (χ1) is 10.6. The van der Waals surface area contributed by atoms with Gasteiger partial charge >= 0.3 is 0 Å². The highest BCUT2D eigenvalue weighted by molar-refractivity contribution is 5.73. The minimum Gasteiger partial charge on any atom is -0.343 e. The van der Waals surface area contributed by atoms with Gasteiger partial charge in [-0.1, -0.05) is 57.0 Å². The van der Waals surface area contributed by atoms with Crippen LogP contribution < -0.4 is 0 Å². The van der Waals surface area contributed by atoms with E-state index in [0.717, 1.165) is 25.4 Å². The number of aryl methyl sites for hydroxylation is 1. The van der Waals surface area contributed by atoms with Crippen LogP contribution in [0.4, 0.5) is 0 Å². The molecule has 0 atom stereocenters. The standard InChI is InChI=1S/C20H31NO/c1-4-19(5-2)20(12-11-18-9-7-6-8-10-18)13-15-21(16-14-20)17(3)22/h6-10,19H,4-5,11-16H2,1-3H3. The van der Waals surface area contributed by atoms with Crippen LogP contribution in [0.1, 0.15) is 58.4 Å². The van der Waals surface area contributed by atoms with Gasteiger partial charge < -0.3 is 4.90 Å². The fraction of sp³-hybridized carbons (Fsp3) is 0.650. The van der Waals surface area contributed by atoms with Gasteiger partial charge in [-0.2, -0.15) is 0 Å². The highest BCUT2D eigenvalue weighted by Gasteiger charge is 2.39. The second-order valence-electron chi connectivity index (χ2n) is 6.87. The Morgan fingerprint density at radius 3 is 2.23 bits per heavy atom. The molecule has 1 aliphatic heterocycles. The topological polar surface area (TPSA) is 20.3 Å². The average molecular weight is 301 g/mol. The van der Waals surface area contributed by atoms with Crippen LogP contribution in [0.15, 0.2) is 30.3 Å². The molecule has 1 saturated heterocycles. The van der Waals surface area contributed by atoms with E-state index in [4.69, 9.17) is 0 Å². The van der Waals surface area contributed by atoms with Crippen LogP contribution >= 0.6 is 0 Å². The third-order valence-corrected chi connectivity index (χ3v) is 5.81. The quantitative estimate of drug-likeness (QED) is 0.747. The number of nitrogens with zero attached hydrogens (tertiary/aromatic N) is 1. The lowest BCUT2D eigenvalue weighted by Gasteiger charge is -2.47. The summed E-state index contributed by atoms with van der Waals surface area (Å²) in [4.78, 5) is 13.7. The fourth-order valence-corrected chi connectivity index (χ4v) is 4.32. The molecular formula is C20H31NO. The molecule has 122 valence electrons. The predicted molar refractivity (Wildman–Crippen MR) is 92.8 cm³/mol. The molecule has 1 aliphatic rings. The second-order valence-corrected chi connectivity index (χ2v) is 6.87. The number of benzene rings is 1. The Kier molecular flexibility index (Phi) is 6.05. The molecule has 2 nitrogen and oxygen atoms in total. The Balaban J connectivity index is 2.08. The number of hydrogen-bond acceptors (Lipinski definition) is 1. The maximum atomic E-state index is 11.6. The van der Waals surface area contributed by atoms with Crippen molar-refractivity contribution in [2.75, 3.05) is 13.1 Å². The van der Waals surface area contributed by atoms with Crippen molar-refractivity contribution >= 4 is 5.91 Å². The summed E-state index contributed by atoms with van der Waals surface area (Å²) in [7, 11) is 0. The molecule has 0 N–H and O–H groups in total. The Morgan fingerprint density at radius 2 is 1.73 bits per heavy atom. The minimum atomic E-state index is 0.237. The van der Waals surface area contributed by atoms with Crippen molar-refractivity contribution in [2.45, 2.75) is 59.3 Å². The van der Waals surface area contributed by atoms with E-state index in [1.54, 1.807) is 6.92 Å². The first-order valence-electron chi connectivity index (χ1n) is 8.90. The van der Waals surface area contributed by atoms with E-state index in [1.807, 2.05) is 4.90 Å². The maximum absolute atomic E-state index is 11.6. The monoisotopic (exact) mass is 301 g/mol. The van der Waals surface area contributed by atoms with Crippen molar-refractivity contribution in [3.8, 4) is 0 Å². The van der Waals surface area contributed by atoms with E-state index in [2.05, 4.69) is 44.2 Å². The molecule has 22 heavy (non-hydrogen) atoms. The van der Waals surface area contributed by atoms with Crippen molar-refractivity contribution in [3.63, 3.8) is 0 Å². The SMILES string of the molecule is CCC(CC)C1(CCc2ccccc2)CCN(C(C)=O)CC1. The van der Waals surface area contributed by atoms with Gasteiger partial charge in [0.05, 0.1) is 0 Å². The Morgan fingerprint density at radius 1 is 1.14 bits per heavy atom. The van der Waals surface area contributed by atoms with Gasteiger partial charge in [-0.15, -0.1) is 0 Å². The molecular weight excluding hydrogens is 270 g/mol. The molecule has 1 fully saturated rings. The molecule has 2 rings (SSSR count). The summed E-state index contributed by atoms with van der Waals surface area (Å²) >= 11 is 0. The molecule has 1 heterocycles. The third-order valence-electron chi connectivity index (χ3n) is 5.81. The summed E-state index contributed by atoms with van der Waals surface area (Å²) < 4.78 is 0. The minimum absolute atomic E-state index is 0.237. The normalized spacial score (nSPS) is 17.7. The van der Waals surface area contributed by atoms with E-state index in [9.17, 15) is 4.79 Å². The van der Waals surface area contributed by atoms with Gasteiger partial charge in [-0.25, -0.2) is 0 Å². The Labute approximate surface area is 135 Å². The molecule has 1 amide bonds. The molecule has 0 aliphatic carbocycles. The number of likely N-dealkylation sites (tertiary alicyclic amines) is 1. The number of piperidine rings is 1. The van der Waals surface area contributed by atoms with Crippen molar-refractivity contribution in [2.24, 2.45) is 11.3 Å². The molecule has 0 unspecified atom stereocenters. The highest BCUT2D eigenvalue weighted by atomic mass is 16.2. The molecule has 2 heteroatoms. The lowest BCUT2D eigenvalue weighted by molar-refractivity contribution is -0.132. The molecule has 1 aromatic carbocycles. The lowest BCUT2D eigenvalue weighted by atomic mass is 9.64. The van der Waals surface area contributed by atoms with Crippen molar-refractivity contribution in [1.82, 2.24) is 4.90 Å². The van der Waals surface area contributed by atoms with Crippen molar-refractivity contribution in [3.05, 3.63) is 35.9 Å². The van der Waals surface area contributed by atoms with E-state index < -0.39 is 0 Å². The van der Waals surface area contributed by atoms with Gasteiger partial charge in [-0.3, -0.25) is 4.79 Å². The van der Waals surface area contributed by atoms with Crippen molar-refractivity contribution in [1.29, 1.82) is 0 Å². The van der Waals surface area contributed by atoms with Gasteiger partial charge in [0.25, 0.3) is 0 Å². The van der Waals surface area contributed by atoms with Crippen LogP contribution in [-0.4, -0.2) is 23.9 Å². The molecule has 0 aromatic heterocycles. The maximum Gasteiger partial charge on any atom is 0.219 e. The average Bonchev–Trinajstić information content (AvgIpc) is 2.55. The van der Waals surface area contributed by atoms with E-state index >= 15 is 0 Å². The first-order valence-corrected chi connectivity index (χ1v) is 8.90. The lowest BCUT2D eigenvalue weighted by Crippen LogP contribution is -2.45. The zero-order chi connectivity index (χ0) is 16.0. The first kappa shape index (κ1) is 17.1. The predicted octanol–water partition coefficient (Wildman–Crippen LogP) is 4.68. The van der Waals surface area contributed by atoms with Crippen LogP contribution in [0.5, 0.6) is 0 Å². The number of hydrogen-bond donors (Lipinski definition) is 0. The summed E-state index contributed by atoms with van der Waals surface area (Å²) in [5.41, 5.74) is 1.87. The smallest absolute Gasteiger partial charge is 0.219 e. The molecule has 0 radical (unpaired) electrons. The second kappa shape index (κ2) is 7.80. The van der Waals surface area contributed by atoms with E-state index in [1.165, 1.54) is 37.7 Å². The Hall–Kier alpha value is -1.31. The van der Waals surface area contributed by atoms with Gasteiger partial charge in [0.1, 0.15) is 0 Å². The number of amides is 1. The van der Waals surface area contributed by atoms with E-state index in [-0.39, 0.29) is 5.91 Å². The molecule has 1 aromatic rings. The van der Waals surface area contributed by atoms with E-state index in [0.29, 0.717) is 5.41 Å². The van der Waals surface area contributed by atoms with Crippen LogP contribution in [-0.2, 0) is 11.2 Å². The zero-order valence-corrected chi connectivity index (χ0v) is 14.5. The van der Waals surface area contributed by atoms with Gasteiger partial charge in [0.15, 0.2) is 0 Å². The Bertz CT molecular complexity index is 456. The summed E-state index contributed by atoms with van der Waals surface area (Å²) in [6.45, 7) is 8.25. The molecule has 0 bridgehead atoms. The number of carbonyl (C=O) groups excluding carboxylic acids is 1. The van der Waals surface area contributed by atoms with Gasteiger partial charge in [0, 0.05) is 20.0 Å². The van der Waals surface area contributed by atoms with Gasteiger partial charge in [0.2, 0.25) is 5.91 Å². The zero-order valence-electron chi connectivity index (χ0n) is 14.5. The fourth-order valence-electron chi connectivity index (χ4n) is 4.32. The van der Waals surface area contributed by atoms with Crippen molar-refractivity contribution < 1.29 is 4.79 Å². The van der Waals surface area contributed by atoms with Crippen LogP contribution in [0, 0.1) is 11.3 Å². The summed E-state index contributed by atoms with van der Waals surface area (Å²) in [5, 5.41) is 0. The van der Waals surface area contributed by atoms with Crippen LogP contribution in [0.3, 0.4) is 0 Å². The van der Waals surface area contributed by atoms with Crippen LogP contribution in [0.2, 0.25) is 0 Å². The number of carbonyl (C=O) groups is 1. The molecule has 0 saturated carbocycles. The summed E-state index contributed by atoms with van der Waals surface area (Å²) in [5.74, 6) is 1.02. The highest BCUT2D eigenvalue weighted by Crippen LogP contribution is 2.45. The largest absolute Gasteiger partial charge is 0.343 e. The van der Waals surface area contributed by atoms with Gasteiger partial charge in [-0.05, 0) is 42.6 Å². The van der Waals surface area contributed by atoms with Crippen LogP contribution in [0.25, 0.3) is 0 Å².